The number of hydrogen-bond acceptors (Lipinski definition) is 5. The molecular formula is C20H21BrN2O4S. The van der Waals surface area contributed by atoms with Crippen molar-refractivity contribution in [1.29, 1.82) is 0 Å². The molecule has 0 saturated heterocycles. The lowest BCUT2D eigenvalue weighted by Gasteiger charge is -2.12. The molecule has 0 spiro atoms. The largest absolute Gasteiger partial charge is 0.490 e. The number of halogens is 1. The Bertz CT molecular complexity index is 827. The summed E-state index contributed by atoms with van der Waals surface area (Å²) in [6, 6.07) is 12.3. The number of amides is 1. The van der Waals surface area contributed by atoms with E-state index in [0.717, 1.165) is 11.4 Å². The minimum Gasteiger partial charge on any atom is -0.490 e. The summed E-state index contributed by atoms with van der Waals surface area (Å²) in [5.74, 6) is 1.03. The number of nitrogens with one attached hydrogen (secondary N) is 2. The Morgan fingerprint density at radius 3 is 2.57 bits per heavy atom. The normalized spacial score (nSPS) is 10.1. The van der Waals surface area contributed by atoms with E-state index in [4.69, 9.17) is 26.4 Å². The Kier molecular flexibility index (Phi) is 8.93. The van der Waals surface area contributed by atoms with Crippen molar-refractivity contribution in [2.45, 2.75) is 0 Å². The van der Waals surface area contributed by atoms with Gasteiger partial charge in [0.05, 0.1) is 11.1 Å². The highest BCUT2D eigenvalue weighted by Gasteiger charge is 2.11. The number of thiocarbonyl (C=S) groups is 1. The molecule has 0 aromatic heterocycles. The van der Waals surface area contributed by atoms with E-state index in [1.165, 1.54) is 0 Å². The van der Waals surface area contributed by atoms with Crippen molar-refractivity contribution in [3.8, 4) is 11.5 Å². The van der Waals surface area contributed by atoms with Crippen LogP contribution in [0.1, 0.15) is 10.4 Å². The molecule has 0 aliphatic rings. The third-order valence-electron chi connectivity index (χ3n) is 3.45. The predicted octanol–water partition coefficient (Wildman–Crippen LogP) is 4.17. The van der Waals surface area contributed by atoms with Crippen LogP contribution >= 0.6 is 28.1 Å². The first kappa shape index (κ1) is 21.9. The highest BCUT2D eigenvalue weighted by Crippen LogP contribution is 2.26. The molecule has 0 fully saturated rings. The van der Waals surface area contributed by atoms with Gasteiger partial charge in [-0.1, -0.05) is 12.7 Å². The summed E-state index contributed by atoms with van der Waals surface area (Å²) in [6.07, 6.45) is 1.67. The number of methoxy groups -OCH3 is 1. The van der Waals surface area contributed by atoms with E-state index in [1.54, 1.807) is 55.7 Å². The molecule has 8 heteroatoms. The molecule has 6 nitrogen and oxygen atoms in total. The molecule has 2 aromatic rings. The number of carbonyl (C=O) groups excluding carboxylic acids is 1. The SMILES string of the molecule is C=CCOc1ccc(NC(=S)NC(=O)c2ccc(OCCOC)c(Br)c2)cc1. The smallest absolute Gasteiger partial charge is 0.257 e. The summed E-state index contributed by atoms with van der Waals surface area (Å²) < 4.78 is 16.6. The van der Waals surface area contributed by atoms with Gasteiger partial charge in [-0.25, -0.2) is 0 Å². The zero-order valence-electron chi connectivity index (χ0n) is 15.4. The van der Waals surface area contributed by atoms with Crippen molar-refractivity contribution < 1.29 is 19.0 Å². The van der Waals surface area contributed by atoms with Crippen molar-refractivity contribution >= 4 is 44.9 Å². The number of ether oxygens (including phenoxy) is 3. The van der Waals surface area contributed by atoms with Gasteiger partial charge < -0.3 is 19.5 Å². The first-order chi connectivity index (χ1) is 13.5. The molecule has 1 amide bonds. The zero-order chi connectivity index (χ0) is 20.4. The predicted molar refractivity (Wildman–Crippen MR) is 117 cm³/mol. The Morgan fingerprint density at radius 1 is 1.18 bits per heavy atom. The van der Waals surface area contributed by atoms with Gasteiger partial charge in [0.2, 0.25) is 0 Å². The van der Waals surface area contributed by atoms with Crippen molar-refractivity contribution in [2.24, 2.45) is 0 Å². The van der Waals surface area contributed by atoms with Gasteiger partial charge in [-0.2, -0.15) is 0 Å². The van der Waals surface area contributed by atoms with Gasteiger partial charge in [-0.15, -0.1) is 0 Å². The molecular weight excluding hydrogens is 444 g/mol. The maximum Gasteiger partial charge on any atom is 0.257 e. The molecule has 0 unspecified atom stereocenters. The lowest BCUT2D eigenvalue weighted by Crippen LogP contribution is -2.34. The summed E-state index contributed by atoms with van der Waals surface area (Å²) in [4.78, 5) is 12.4. The molecule has 0 atom stereocenters. The number of benzene rings is 2. The topological polar surface area (TPSA) is 68.8 Å². The first-order valence-corrected chi connectivity index (χ1v) is 9.61. The first-order valence-electron chi connectivity index (χ1n) is 8.41. The van der Waals surface area contributed by atoms with Crippen LogP contribution < -0.4 is 20.1 Å². The lowest BCUT2D eigenvalue weighted by molar-refractivity contribution is 0.0977. The van der Waals surface area contributed by atoms with Crippen molar-refractivity contribution in [1.82, 2.24) is 5.32 Å². The molecule has 0 aliphatic carbocycles. The molecule has 28 heavy (non-hydrogen) atoms. The Hall–Kier alpha value is -2.42. The van der Waals surface area contributed by atoms with E-state index in [0.29, 0.717) is 35.6 Å². The Morgan fingerprint density at radius 2 is 1.93 bits per heavy atom. The van der Waals surface area contributed by atoms with E-state index < -0.39 is 0 Å². The summed E-state index contributed by atoms with van der Waals surface area (Å²) in [5.41, 5.74) is 1.18. The summed E-state index contributed by atoms with van der Waals surface area (Å²) in [6.45, 7) is 4.94. The van der Waals surface area contributed by atoms with Gasteiger partial charge >= 0.3 is 0 Å². The van der Waals surface area contributed by atoms with E-state index in [9.17, 15) is 4.79 Å². The minimum absolute atomic E-state index is 0.196. The minimum atomic E-state index is -0.326. The maximum absolute atomic E-state index is 12.4. The number of carbonyl (C=O) groups is 1. The van der Waals surface area contributed by atoms with Crippen LogP contribution in [0.5, 0.6) is 11.5 Å². The van der Waals surface area contributed by atoms with Gasteiger partial charge in [0.15, 0.2) is 5.11 Å². The van der Waals surface area contributed by atoms with Gasteiger partial charge in [0.25, 0.3) is 5.91 Å². The van der Waals surface area contributed by atoms with Crippen molar-refractivity contribution in [3.63, 3.8) is 0 Å². The Balaban J connectivity index is 1.90. The zero-order valence-corrected chi connectivity index (χ0v) is 17.8. The van der Waals surface area contributed by atoms with Crippen LogP contribution in [-0.4, -0.2) is 38.0 Å². The van der Waals surface area contributed by atoms with Gasteiger partial charge in [0.1, 0.15) is 24.7 Å². The third kappa shape index (κ3) is 6.95. The van der Waals surface area contributed by atoms with Gasteiger partial charge in [0, 0.05) is 18.4 Å². The van der Waals surface area contributed by atoms with Crippen LogP contribution in [-0.2, 0) is 4.74 Å². The summed E-state index contributed by atoms with van der Waals surface area (Å²) in [7, 11) is 1.60. The average Bonchev–Trinajstić information content (AvgIpc) is 2.68. The fraction of sp³-hybridized carbons (Fsp3) is 0.200. The van der Waals surface area contributed by atoms with Crippen LogP contribution in [0.4, 0.5) is 5.69 Å². The fourth-order valence-electron chi connectivity index (χ4n) is 2.12. The molecule has 0 bridgehead atoms. The van der Waals surface area contributed by atoms with Crippen molar-refractivity contribution in [2.75, 3.05) is 32.2 Å². The second-order valence-electron chi connectivity index (χ2n) is 5.52. The number of rotatable bonds is 9. The van der Waals surface area contributed by atoms with E-state index in [1.807, 2.05) is 0 Å². The molecule has 0 heterocycles. The summed E-state index contributed by atoms with van der Waals surface area (Å²) in [5, 5.41) is 5.80. The van der Waals surface area contributed by atoms with Crippen LogP contribution in [0.3, 0.4) is 0 Å². The second-order valence-corrected chi connectivity index (χ2v) is 6.78. The third-order valence-corrected chi connectivity index (χ3v) is 4.27. The molecule has 2 rings (SSSR count). The highest BCUT2D eigenvalue weighted by molar-refractivity contribution is 9.10. The molecule has 0 aliphatic heterocycles. The summed E-state index contributed by atoms with van der Waals surface area (Å²) >= 11 is 8.61. The quantitative estimate of drug-likeness (QED) is 0.329. The monoisotopic (exact) mass is 464 g/mol. The second kappa shape index (κ2) is 11.4. The van der Waals surface area contributed by atoms with Crippen LogP contribution in [0, 0.1) is 0 Å². The van der Waals surface area contributed by atoms with E-state index >= 15 is 0 Å². The molecule has 148 valence electrons. The van der Waals surface area contributed by atoms with Crippen LogP contribution in [0.25, 0.3) is 0 Å². The van der Waals surface area contributed by atoms with Crippen molar-refractivity contribution in [3.05, 3.63) is 65.2 Å². The highest BCUT2D eigenvalue weighted by atomic mass is 79.9. The Labute approximate surface area is 178 Å². The molecule has 0 radical (unpaired) electrons. The average molecular weight is 465 g/mol. The van der Waals surface area contributed by atoms with Crippen LogP contribution in [0.2, 0.25) is 0 Å². The van der Waals surface area contributed by atoms with E-state index in [2.05, 4.69) is 33.1 Å². The number of hydrogen-bond donors (Lipinski definition) is 2. The number of anilines is 1. The fourth-order valence-corrected chi connectivity index (χ4v) is 2.83. The van der Waals surface area contributed by atoms with Crippen LogP contribution in [0.15, 0.2) is 59.6 Å². The standard InChI is InChI=1S/C20H21BrN2O4S/c1-3-10-26-16-7-5-15(6-8-16)22-20(28)23-19(24)14-4-9-18(17(21)13-14)27-12-11-25-2/h3-9,13H,1,10-12H2,2H3,(H2,22,23,24,28). The maximum atomic E-state index is 12.4. The van der Waals surface area contributed by atoms with E-state index in [-0.39, 0.29) is 11.0 Å². The van der Waals surface area contributed by atoms with Gasteiger partial charge in [-0.05, 0) is 70.6 Å². The molecule has 2 N–H and O–H groups in total. The lowest BCUT2D eigenvalue weighted by atomic mass is 10.2. The van der Waals surface area contributed by atoms with Gasteiger partial charge in [-0.3, -0.25) is 10.1 Å². The molecule has 2 aromatic carbocycles. The molecule has 0 saturated carbocycles.